The van der Waals surface area contributed by atoms with Crippen LogP contribution in [0.25, 0.3) is 0 Å². The molecule has 2 aromatic carbocycles. The molecule has 0 bridgehead atoms. The van der Waals surface area contributed by atoms with Gasteiger partial charge in [0.15, 0.2) is 0 Å². The minimum absolute atomic E-state index is 0.153. The predicted molar refractivity (Wildman–Crippen MR) is 95.6 cm³/mol. The minimum Gasteiger partial charge on any atom is -0.334 e. The number of nitrogens with one attached hydrogen (secondary N) is 2. The van der Waals surface area contributed by atoms with E-state index in [4.69, 9.17) is 0 Å². The van der Waals surface area contributed by atoms with Gasteiger partial charge in [0.1, 0.15) is 5.82 Å². The van der Waals surface area contributed by atoms with E-state index >= 15 is 0 Å². The van der Waals surface area contributed by atoms with Crippen molar-refractivity contribution in [3.8, 4) is 0 Å². The van der Waals surface area contributed by atoms with Crippen LogP contribution in [-0.4, -0.2) is 23.9 Å². The van der Waals surface area contributed by atoms with Crippen LogP contribution in [-0.2, 0) is 11.3 Å². The van der Waals surface area contributed by atoms with Gasteiger partial charge in [0.2, 0.25) is 5.91 Å². The van der Waals surface area contributed by atoms with Crippen molar-refractivity contribution in [2.24, 2.45) is 0 Å². The zero-order valence-electron chi connectivity index (χ0n) is 14.5. The molecule has 0 fully saturated rings. The van der Waals surface area contributed by atoms with Crippen LogP contribution < -0.4 is 10.6 Å². The molecule has 5 nitrogen and oxygen atoms in total. The van der Waals surface area contributed by atoms with Gasteiger partial charge in [-0.05, 0) is 30.7 Å². The molecule has 0 saturated heterocycles. The van der Waals surface area contributed by atoms with Crippen molar-refractivity contribution in [2.45, 2.75) is 26.4 Å². The van der Waals surface area contributed by atoms with Crippen LogP contribution in [0.1, 0.15) is 31.0 Å². The molecule has 0 heterocycles. The molecule has 0 aliphatic heterocycles. The van der Waals surface area contributed by atoms with Gasteiger partial charge >= 0.3 is 6.03 Å². The van der Waals surface area contributed by atoms with Crippen LogP contribution in [0.2, 0.25) is 0 Å². The number of carbonyl (C=O) groups excluding carboxylic acids is 2. The van der Waals surface area contributed by atoms with E-state index in [0.717, 1.165) is 5.56 Å². The Balaban J connectivity index is 1.98. The molecule has 0 aliphatic carbocycles. The van der Waals surface area contributed by atoms with Gasteiger partial charge in [-0.25, -0.2) is 9.18 Å². The Hall–Kier alpha value is -2.89. The van der Waals surface area contributed by atoms with Crippen LogP contribution >= 0.6 is 0 Å². The second-order valence-electron chi connectivity index (χ2n) is 5.85. The third kappa shape index (κ3) is 5.04. The molecule has 0 saturated carbocycles. The Morgan fingerprint density at radius 2 is 1.88 bits per heavy atom. The van der Waals surface area contributed by atoms with Crippen molar-refractivity contribution in [2.75, 3.05) is 12.4 Å². The zero-order valence-corrected chi connectivity index (χ0v) is 14.5. The Morgan fingerprint density at radius 3 is 2.56 bits per heavy atom. The topological polar surface area (TPSA) is 61.4 Å². The highest BCUT2D eigenvalue weighted by molar-refractivity contribution is 5.88. The lowest BCUT2D eigenvalue weighted by Crippen LogP contribution is -2.38. The number of anilines is 1. The maximum absolute atomic E-state index is 13.9. The Bertz CT molecular complexity index is 764. The first-order valence-electron chi connectivity index (χ1n) is 8.00. The number of amides is 3. The SMILES string of the molecule is CC(=O)Nc1cccc(CNC(=O)N(C)[C@@H](C)c2ccccc2F)c1. The fourth-order valence-electron chi connectivity index (χ4n) is 2.46. The predicted octanol–water partition coefficient (Wildman–Crippen LogP) is 3.69. The number of halogens is 1. The highest BCUT2D eigenvalue weighted by Gasteiger charge is 2.19. The highest BCUT2D eigenvalue weighted by atomic mass is 19.1. The van der Waals surface area contributed by atoms with Crippen molar-refractivity contribution in [1.82, 2.24) is 10.2 Å². The summed E-state index contributed by atoms with van der Waals surface area (Å²) in [6, 6.07) is 12.9. The van der Waals surface area contributed by atoms with Gasteiger partial charge < -0.3 is 15.5 Å². The average Bonchev–Trinajstić information content (AvgIpc) is 2.58. The molecule has 1 atom stereocenters. The summed E-state index contributed by atoms with van der Waals surface area (Å²) in [5.74, 6) is -0.489. The van der Waals surface area contributed by atoms with Crippen LogP contribution in [0, 0.1) is 5.82 Å². The van der Waals surface area contributed by atoms with Gasteiger partial charge in [0.05, 0.1) is 6.04 Å². The van der Waals surface area contributed by atoms with Gasteiger partial charge in [-0.1, -0.05) is 30.3 Å². The highest BCUT2D eigenvalue weighted by Crippen LogP contribution is 2.21. The molecular weight excluding hydrogens is 321 g/mol. The van der Waals surface area contributed by atoms with E-state index in [1.807, 2.05) is 6.07 Å². The lowest BCUT2D eigenvalue weighted by Gasteiger charge is -2.26. The van der Waals surface area contributed by atoms with Crippen LogP contribution in [0.15, 0.2) is 48.5 Å². The van der Waals surface area contributed by atoms with E-state index in [1.165, 1.54) is 17.9 Å². The fourth-order valence-corrected chi connectivity index (χ4v) is 2.46. The third-order valence-corrected chi connectivity index (χ3v) is 3.95. The first-order valence-corrected chi connectivity index (χ1v) is 8.00. The molecule has 25 heavy (non-hydrogen) atoms. The maximum atomic E-state index is 13.9. The van der Waals surface area contributed by atoms with E-state index < -0.39 is 6.04 Å². The van der Waals surface area contributed by atoms with Crippen molar-refractivity contribution in [1.29, 1.82) is 0 Å². The van der Waals surface area contributed by atoms with Crippen molar-refractivity contribution in [3.05, 3.63) is 65.5 Å². The molecule has 3 amide bonds. The first kappa shape index (κ1) is 18.4. The number of rotatable bonds is 5. The van der Waals surface area contributed by atoms with Gasteiger partial charge in [-0.2, -0.15) is 0 Å². The molecule has 6 heteroatoms. The molecule has 0 radical (unpaired) electrons. The largest absolute Gasteiger partial charge is 0.334 e. The zero-order chi connectivity index (χ0) is 18.4. The molecule has 0 aromatic heterocycles. The summed E-state index contributed by atoms with van der Waals surface area (Å²) in [5, 5.41) is 5.50. The lowest BCUT2D eigenvalue weighted by molar-refractivity contribution is -0.114. The van der Waals surface area contributed by atoms with Crippen molar-refractivity contribution < 1.29 is 14.0 Å². The van der Waals surface area contributed by atoms with Gasteiger partial charge in [0.25, 0.3) is 0 Å². The summed E-state index contributed by atoms with van der Waals surface area (Å²) in [7, 11) is 1.63. The van der Waals surface area contributed by atoms with Crippen LogP contribution in [0.3, 0.4) is 0 Å². The summed E-state index contributed by atoms with van der Waals surface area (Å²) in [4.78, 5) is 24.9. The standard InChI is InChI=1S/C19H22FN3O2/c1-13(17-9-4-5-10-18(17)20)23(3)19(25)21-12-15-7-6-8-16(11-15)22-14(2)24/h4-11,13H,12H2,1-3H3,(H,21,25)(H,22,24)/t13-/m0/s1. The number of hydrogen-bond donors (Lipinski definition) is 2. The Labute approximate surface area is 146 Å². The average molecular weight is 343 g/mol. The van der Waals surface area contributed by atoms with Gasteiger partial charge in [0, 0.05) is 31.8 Å². The maximum Gasteiger partial charge on any atom is 0.317 e. The van der Waals surface area contributed by atoms with E-state index in [9.17, 15) is 14.0 Å². The summed E-state index contributed by atoms with van der Waals surface area (Å²) in [6.07, 6.45) is 0. The Morgan fingerprint density at radius 1 is 1.16 bits per heavy atom. The smallest absolute Gasteiger partial charge is 0.317 e. The monoisotopic (exact) mass is 343 g/mol. The fraction of sp³-hybridized carbons (Fsp3) is 0.263. The minimum atomic E-state index is -0.396. The molecule has 0 aliphatic rings. The van der Waals surface area contributed by atoms with Crippen LogP contribution in [0.5, 0.6) is 0 Å². The normalized spacial score (nSPS) is 11.5. The van der Waals surface area contributed by atoms with E-state index in [2.05, 4.69) is 10.6 Å². The molecule has 2 rings (SSSR count). The van der Waals surface area contributed by atoms with Crippen LogP contribution in [0.4, 0.5) is 14.9 Å². The number of nitrogens with zero attached hydrogens (tertiary/aromatic N) is 1. The first-order chi connectivity index (χ1) is 11.9. The number of hydrogen-bond acceptors (Lipinski definition) is 2. The molecular formula is C19H22FN3O2. The van der Waals surface area contributed by atoms with Gasteiger partial charge in [-0.15, -0.1) is 0 Å². The number of benzene rings is 2. The van der Waals surface area contributed by atoms with Crippen molar-refractivity contribution >= 4 is 17.6 Å². The number of carbonyl (C=O) groups is 2. The second-order valence-corrected chi connectivity index (χ2v) is 5.85. The quantitative estimate of drug-likeness (QED) is 0.870. The molecule has 132 valence electrons. The summed E-state index contributed by atoms with van der Waals surface area (Å²) in [6.45, 7) is 3.52. The molecule has 0 unspecified atom stereocenters. The van der Waals surface area contributed by atoms with Gasteiger partial charge in [-0.3, -0.25) is 4.79 Å². The lowest BCUT2D eigenvalue weighted by atomic mass is 10.1. The van der Waals surface area contributed by atoms with E-state index in [1.54, 1.807) is 50.4 Å². The van der Waals surface area contributed by atoms with E-state index in [0.29, 0.717) is 17.8 Å². The van der Waals surface area contributed by atoms with Crippen molar-refractivity contribution in [3.63, 3.8) is 0 Å². The molecule has 2 aromatic rings. The summed E-state index contributed by atoms with van der Waals surface area (Å²) < 4.78 is 13.9. The summed E-state index contributed by atoms with van der Waals surface area (Å²) >= 11 is 0. The molecule has 0 spiro atoms. The summed E-state index contributed by atoms with van der Waals surface area (Å²) in [5.41, 5.74) is 1.99. The Kier molecular flexibility index (Phi) is 6.11. The number of urea groups is 1. The molecule has 2 N–H and O–H groups in total. The second kappa shape index (κ2) is 8.28. The third-order valence-electron chi connectivity index (χ3n) is 3.95. The van der Waals surface area contributed by atoms with E-state index in [-0.39, 0.29) is 17.8 Å².